The van der Waals surface area contributed by atoms with Crippen LogP contribution in [0.1, 0.15) is 5.76 Å². The number of benzene rings is 2. The summed E-state index contributed by atoms with van der Waals surface area (Å²) in [6, 6.07) is 22.0. The second kappa shape index (κ2) is 8.87. The summed E-state index contributed by atoms with van der Waals surface area (Å²) in [6.45, 7) is 0. The molecule has 0 radical (unpaired) electrons. The van der Waals surface area contributed by atoms with E-state index >= 15 is 0 Å². The second-order valence-corrected chi connectivity index (χ2v) is 7.71. The van der Waals surface area contributed by atoms with Crippen molar-refractivity contribution < 1.29 is 9.21 Å². The SMILES string of the molecule is N#C/C(=C\c1ccc(Sc2cccc3cccnc23)o1)C(=O)Nc1cccc(Cl)c1. The Kier molecular flexibility index (Phi) is 5.84. The van der Waals surface area contributed by atoms with E-state index in [0.29, 0.717) is 21.6 Å². The molecule has 5 nitrogen and oxygen atoms in total. The number of halogens is 1. The monoisotopic (exact) mass is 431 g/mol. The largest absolute Gasteiger partial charge is 0.450 e. The molecule has 0 saturated heterocycles. The first kappa shape index (κ1) is 19.8. The van der Waals surface area contributed by atoms with Gasteiger partial charge in [0, 0.05) is 33.3 Å². The standard InChI is InChI=1S/C23H14ClN3O2S/c24-17-6-2-7-18(13-17)27-23(28)16(14-25)12-19-9-10-21(29-19)30-20-8-1-4-15-5-3-11-26-22(15)20/h1-13H,(H,27,28)/b16-12+. The number of amides is 1. The van der Waals surface area contributed by atoms with Crippen LogP contribution in [-0.2, 0) is 4.79 Å². The maximum Gasteiger partial charge on any atom is 0.266 e. The number of nitrogens with one attached hydrogen (secondary N) is 1. The van der Waals surface area contributed by atoms with Crippen LogP contribution in [0.25, 0.3) is 17.0 Å². The first-order valence-electron chi connectivity index (χ1n) is 8.92. The van der Waals surface area contributed by atoms with E-state index in [0.717, 1.165) is 15.8 Å². The molecule has 0 saturated carbocycles. The number of aromatic nitrogens is 1. The average molecular weight is 432 g/mol. The van der Waals surface area contributed by atoms with Gasteiger partial charge in [0.05, 0.1) is 5.52 Å². The van der Waals surface area contributed by atoms with Gasteiger partial charge in [0.15, 0.2) is 5.09 Å². The lowest BCUT2D eigenvalue weighted by molar-refractivity contribution is -0.112. The molecule has 2 aromatic heterocycles. The highest BCUT2D eigenvalue weighted by Gasteiger charge is 2.12. The Morgan fingerprint density at radius 1 is 1.13 bits per heavy atom. The third-order valence-corrected chi connectivity index (χ3v) is 5.35. The molecule has 30 heavy (non-hydrogen) atoms. The van der Waals surface area contributed by atoms with Crippen LogP contribution >= 0.6 is 23.4 Å². The second-order valence-electron chi connectivity index (χ2n) is 6.22. The van der Waals surface area contributed by atoms with E-state index in [-0.39, 0.29) is 5.57 Å². The minimum Gasteiger partial charge on any atom is -0.450 e. The Labute approximate surface area is 182 Å². The number of nitrogens with zero attached hydrogens (tertiary/aromatic N) is 2. The van der Waals surface area contributed by atoms with Crippen molar-refractivity contribution in [3.8, 4) is 6.07 Å². The van der Waals surface area contributed by atoms with Crippen LogP contribution in [0.2, 0.25) is 5.02 Å². The molecule has 0 spiro atoms. The first-order valence-corrected chi connectivity index (χ1v) is 10.1. The minimum absolute atomic E-state index is 0.0762. The minimum atomic E-state index is -0.538. The van der Waals surface area contributed by atoms with E-state index in [1.807, 2.05) is 36.4 Å². The van der Waals surface area contributed by atoms with Crippen molar-refractivity contribution in [2.24, 2.45) is 0 Å². The van der Waals surface area contributed by atoms with Crippen molar-refractivity contribution in [1.29, 1.82) is 5.26 Å². The molecule has 7 heteroatoms. The van der Waals surface area contributed by atoms with Crippen LogP contribution in [-0.4, -0.2) is 10.9 Å². The zero-order valence-corrected chi connectivity index (χ0v) is 17.1. The van der Waals surface area contributed by atoms with Crippen LogP contribution in [0, 0.1) is 11.3 Å². The van der Waals surface area contributed by atoms with Crippen molar-refractivity contribution in [3.63, 3.8) is 0 Å². The summed E-state index contributed by atoms with van der Waals surface area (Å²) < 4.78 is 5.79. The zero-order valence-electron chi connectivity index (χ0n) is 15.5. The van der Waals surface area contributed by atoms with E-state index in [9.17, 15) is 10.1 Å². The molecule has 4 rings (SSSR count). The quantitative estimate of drug-likeness (QED) is 0.301. The maximum absolute atomic E-state index is 12.4. The molecule has 0 aliphatic rings. The summed E-state index contributed by atoms with van der Waals surface area (Å²) in [5.41, 5.74) is 1.32. The predicted molar refractivity (Wildman–Crippen MR) is 118 cm³/mol. The van der Waals surface area contributed by atoms with Crippen LogP contribution in [0.15, 0.2) is 92.9 Å². The first-order chi connectivity index (χ1) is 14.6. The lowest BCUT2D eigenvalue weighted by Crippen LogP contribution is -2.13. The van der Waals surface area contributed by atoms with E-state index in [1.54, 1.807) is 42.6 Å². The van der Waals surface area contributed by atoms with Gasteiger partial charge in [-0.25, -0.2) is 0 Å². The number of anilines is 1. The maximum atomic E-state index is 12.4. The van der Waals surface area contributed by atoms with Gasteiger partial charge in [0.25, 0.3) is 5.91 Å². The highest BCUT2D eigenvalue weighted by Crippen LogP contribution is 2.33. The summed E-state index contributed by atoms with van der Waals surface area (Å²) in [5, 5.41) is 14.2. The molecule has 146 valence electrons. The number of furan rings is 1. The van der Waals surface area contributed by atoms with Gasteiger partial charge in [0.2, 0.25) is 0 Å². The average Bonchev–Trinajstić information content (AvgIpc) is 3.19. The van der Waals surface area contributed by atoms with E-state index in [4.69, 9.17) is 16.0 Å². The van der Waals surface area contributed by atoms with Crippen molar-refractivity contribution in [1.82, 2.24) is 4.98 Å². The number of fused-ring (bicyclic) bond motifs is 1. The lowest BCUT2D eigenvalue weighted by atomic mass is 10.2. The van der Waals surface area contributed by atoms with Crippen molar-refractivity contribution in [2.45, 2.75) is 9.99 Å². The molecular formula is C23H14ClN3O2S. The molecule has 0 unspecified atom stereocenters. The number of carbonyl (C=O) groups is 1. The van der Waals surface area contributed by atoms with Gasteiger partial charge in [-0.15, -0.1) is 0 Å². The highest BCUT2D eigenvalue weighted by molar-refractivity contribution is 7.99. The summed E-state index contributed by atoms with van der Waals surface area (Å²) in [4.78, 5) is 17.8. The van der Waals surface area contributed by atoms with Crippen molar-refractivity contribution in [3.05, 3.63) is 89.3 Å². The van der Waals surface area contributed by atoms with Gasteiger partial charge in [-0.3, -0.25) is 9.78 Å². The van der Waals surface area contributed by atoms with Gasteiger partial charge in [0.1, 0.15) is 17.4 Å². The van der Waals surface area contributed by atoms with E-state index < -0.39 is 5.91 Å². The number of carbonyl (C=O) groups excluding carboxylic acids is 1. The molecule has 0 aliphatic carbocycles. The van der Waals surface area contributed by atoms with Gasteiger partial charge in [-0.05, 0) is 54.2 Å². The topological polar surface area (TPSA) is 78.9 Å². The molecule has 0 fully saturated rings. The van der Waals surface area contributed by atoms with Crippen LogP contribution < -0.4 is 5.32 Å². The van der Waals surface area contributed by atoms with E-state index in [1.165, 1.54) is 17.8 Å². The number of hydrogen-bond donors (Lipinski definition) is 1. The predicted octanol–water partition coefficient (Wildman–Crippen LogP) is 6.18. The summed E-state index contributed by atoms with van der Waals surface area (Å²) >= 11 is 7.35. The number of hydrogen-bond acceptors (Lipinski definition) is 5. The molecule has 2 heterocycles. The molecule has 1 amide bonds. The third-order valence-electron chi connectivity index (χ3n) is 4.14. The fourth-order valence-corrected chi connectivity index (χ4v) is 3.88. The van der Waals surface area contributed by atoms with Crippen LogP contribution in [0.5, 0.6) is 0 Å². The van der Waals surface area contributed by atoms with Gasteiger partial charge in [-0.2, -0.15) is 5.26 Å². The smallest absolute Gasteiger partial charge is 0.266 e. The number of para-hydroxylation sites is 1. The zero-order chi connectivity index (χ0) is 20.9. The van der Waals surface area contributed by atoms with Crippen molar-refractivity contribution in [2.75, 3.05) is 5.32 Å². The van der Waals surface area contributed by atoms with Crippen molar-refractivity contribution >= 4 is 51.9 Å². The molecule has 0 atom stereocenters. The summed E-state index contributed by atoms with van der Waals surface area (Å²) in [5.74, 6) is -0.132. The van der Waals surface area contributed by atoms with E-state index in [2.05, 4.69) is 10.3 Å². The molecule has 2 aromatic carbocycles. The lowest BCUT2D eigenvalue weighted by Gasteiger charge is -2.04. The molecule has 4 aromatic rings. The van der Waals surface area contributed by atoms with Crippen LogP contribution in [0.4, 0.5) is 5.69 Å². The fraction of sp³-hybridized carbons (Fsp3) is 0. The Hall–Kier alpha value is -3.53. The number of rotatable bonds is 5. The van der Waals surface area contributed by atoms with Crippen LogP contribution in [0.3, 0.4) is 0 Å². The van der Waals surface area contributed by atoms with Gasteiger partial charge < -0.3 is 9.73 Å². The Morgan fingerprint density at radius 3 is 2.80 bits per heavy atom. The Morgan fingerprint density at radius 2 is 1.97 bits per heavy atom. The summed E-state index contributed by atoms with van der Waals surface area (Å²) in [7, 11) is 0. The molecule has 0 aliphatic heterocycles. The number of nitriles is 1. The van der Waals surface area contributed by atoms with Gasteiger partial charge in [-0.1, -0.05) is 35.9 Å². The Bertz CT molecular complexity index is 1300. The molecule has 0 bridgehead atoms. The number of pyridine rings is 1. The molecular weight excluding hydrogens is 418 g/mol. The third kappa shape index (κ3) is 4.54. The highest BCUT2D eigenvalue weighted by atomic mass is 35.5. The van der Waals surface area contributed by atoms with Gasteiger partial charge >= 0.3 is 0 Å². The normalized spacial score (nSPS) is 11.3. The fourth-order valence-electron chi connectivity index (χ4n) is 2.79. The Balaban J connectivity index is 1.53. The molecule has 1 N–H and O–H groups in total. The summed E-state index contributed by atoms with van der Waals surface area (Å²) in [6.07, 6.45) is 3.16.